The highest BCUT2D eigenvalue weighted by atomic mass is 35.5. The third-order valence-corrected chi connectivity index (χ3v) is 9.46. The predicted molar refractivity (Wildman–Crippen MR) is 160 cm³/mol. The zero-order valence-corrected chi connectivity index (χ0v) is 26.6. The molecule has 0 unspecified atom stereocenters. The van der Waals surface area contributed by atoms with Gasteiger partial charge in [-0.15, -0.1) is 12.4 Å². The summed E-state index contributed by atoms with van der Waals surface area (Å²) in [6.07, 6.45) is -7.06. The Morgan fingerprint density at radius 2 is 1.46 bits per heavy atom. The van der Waals surface area contributed by atoms with E-state index >= 15 is 0 Å². The van der Waals surface area contributed by atoms with Crippen molar-refractivity contribution in [1.82, 2.24) is 19.6 Å². The van der Waals surface area contributed by atoms with Crippen LogP contribution in [0.15, 0.2) is 36.4 Å². The van der Waals surface area contributed by atoms with Crippen LogP contribution in [0, 0.1) is 18.7 Å². The number of hydrogen-bond acceptors (Lipinski definition) is 3. The number of carbonyl (C=O) groups is 2. The highest BCUT2D eigenvalue weighted by Crippen LogP contribution is 2.40. The predicted octanol–water partition coefficient (Wildman–Crippen LogP) is 7.47. The molecule has 14 heteroatoms. The van der Waals surface area contributed by atoms with Gasteiger partial charge >= 0.3 is 18.4 Å². The molecule has 46 heavy (non-hydrogen) atoms. The van der Waals surface area contributed by atoms with Crippen LogP contribution in [-0.4, -0.2) is 77.4 Å². The van der Waals surface area contributed by atoms with Gasteiger partial charge < -0.3 is 14.7 Å². The molecular weight excluding hydrogens is 641 g/mol. The highest BCUT2D eigenvalue weighted by Gasteiger charge is 2.41. The molecule has 3 amide bonds. The smallest absolute Gasteiger partial charge is 0.340 e. The SMILES string of the molecule is Cc1cc(F)ccc1[C@H]1C[C@@H](N2CCN(C(=O)C3CC3)CC2)CCN1C(=O)N(C)[C@H](C)c1cc(C(F)(F)F)cc(C(F)(F)F)c1.Cl. The van der Waals surface area contributed by atoms with Crippen LogP contribution in [0.25, 0.3) is 0 Å². The minimum absolute atomic E-state index is 0. The maximum atomic E-state index is 14.1. The second-order valence-electron chi connectivity index (χ2n) is 12.4. The topological polar surface area (TPSA) is 47.1 Å². The maximum absolute atomic E-state index is 14.1. The number of hydrogen-bond donors (Lipinski definition) is 0. The van der Waals surface area contributed by atoms with Crippen molar-refractivity contribution in [3.8, 4) is 0 Å². The van der Waals surface area contributed by atoms with E-state index in [2.05, 4.69) is 4.90 Å². The number of urea groups is 1. The molecule has 5 rings (SSSR count). The first kappa shape index (κ1) is 35.8. The van der Waals surface area contributed by atoms with Gasteiger partial charge in [-0.25, -0.2) is 9.18 Å². The van der Waals surface area contributed by atoms with Crippen molar-refractivity contribution >= 4 is 24.3 Å². The fraction of sp³-hybridized carbons (Fsp3) is 0.562. The molecule has 2 aromatic carbocycles. The first-order valence-corrected chi connectivity index (χ1v) is 15.2. The molecule has 2 aliphatic heterocycles. The number of likely N-dealkylation sites (tertiary alicyclic amines) is 1. The Hall–Kier alpha value is -3.06. The van der Waals surface area contributed by atoms with Crippen LogP contribution in [0.3, 0.4) is 0 Å². The maximum Gasteiger partial charge on any atom is 0.416 e. The number of carbonyl (C=O) groups excluding carboxylic acids is 2. The van der Waals surface area contributed by atoms with Crippen LogP contribution in [0.2, 0.25) is 0 Å². The van der Waals surface area contributed by atoms with Gasteiger partial charge in [-0.2, -0.15) is 26.3 Å². The minimum atomic E-state index is -5.01. The molecule has 3 fully saturated rings. The number of piperazine rings is 1. The van der Waals surface area contributed by atoms with E-state index < -0.39 is 47.4 Å². The van der Waals surface area contributed by atoms with Crippen molar-refractivity contribution in [2.45, 2.75) is 70.0 Å². The van der Waals surface area contributed by atoms with Crippen LogP contribution in [0.4, 0.5) is 35.5 Å². The summed E-state index contributed by atoms with van der Waals surface area (Å²) >= 11 is 0. The molecule has 0 radical (unpaired) electrons. The lowest BCUT2D eigenvalue weighted by Gasteiger charge is -2.47. The lowest BCUT2D eigenvalue weighted by molar-refractivity contribution is -0.143. The molecule has 1 aliphatic carbocycles. The van der Waals surface area contributed by atoms with Gasteiger partial charge in [0.15, 0.2) is 0 Å². The Labute approximate surface area is 269 Å². The van der Waals surface area contributed by atoms with Crippen molar-refractivity contribution in [2.75, 3.05) is 39.8 Å². The van der Waals surface area contributed by atoms with E-state index in [0.29, 0.717) is 56.7 Å². The van der Waals surface area contributed by atoms with E-state index in [-0.39, 0.29) is 48.4 Å². The Kier molecular flexibility index (Phi) is 10.6. The lowest BCUT2D eigenvalue weighted by atomic mass is 9.88. The third kappa shape index (κ3) is 7.73. The molecule has 2 aromatic rings. The number of nitrogens with zero attached hydrogens (tertiary/aromatic N) is 4. The number of halogens is 8. The summed E-state index contributed by atoms with van der Waals surface area (Å²) in [6.45, 7) is 6.00. The number of aryl methyl sites for hydroxylation is 1. The number of benzene rings is 2. The molecule has 2 heterocycles. The molecule has 3 aliphatic rings. The zero-order valence-electron chi connectivity index (χ0n) is 25.8. The largest absolute Gasteiger partial charge is 0.416 e. The monoisotopic (exact) mass is 678 g/mol. The molecule has 1 saturated carbocycles. The Bertz CT molecular complexity index is 1390. The van der Waals surface area contributed by atoms with Gasteiger partial charge in [0, 0.05) is 51.7 Å². The first-order valence-electron chi connectivity index (χ1n) is 15.2. The van der Waals surface area contributed by atoms with Crippen LogP contribution in [0.1, 0.15) is 72.5 Å². The summed E-state index contributed by atoms with van der Waals surface area (Å²) in [7, 11) is 1.36. The Morgan fingerprint density at radius 3 is 1.98 bits per heavy atom. The average molecular weight is 679 g/mol. The van der Waals surface area contributed by atoms with Gasteiger partial charge in [0.2, 0.25) is 5.91 Å². The summed E-state index contributed by atoms with van der Waals surface area (Å²) in [5, 5.41) is 0. The minimum Gasteiger partial charge on any atom is -0.340 e. The van der Waals surface area contributed by atoms with Crippen molar-refractivity contribution in [3.05, 3.63) is 70.0 Å². The van der Waals surface area contributed by atoms with Crippen molar-refractivity contribution in [3.63, 3.8) is 0 Å². The quantitative estimate of drug-likeness (QED) is 0.309. The number of rotatable bonds is 5. The van der Waals surface area contributed by atoms with Gasteiger partial charge in [0.25, 0.3) is 0 Å². The lowest BCUT2D eigenvalue weighted by Crippen LogP contribution is -2.56. The standard InChI is InChI=1S/C32H37F7N4O2.ClH/c1-19-14-25(33)6-7-27(19)28-18-26(41-10-12-42(13-11-41)29(44)21-4-5-21)8-9-43(28)30(45)40(3)20(2)22-15-23(31(34,35)36)17-24(16-22)32(37,38)39;/h6-7,14-17,20-21,26,28H,4-5,8-13,18H2,1-3H3;1H/t20-,26+,28-;/m1./s1. The molecule has 3 atom stereocenters. The van der Waals surface area contributed by atoms with Crippen molar-refractivity contribution in [2.24, 2.45) is 5.92 Å². The van der Waals surface area contributed by atoms with Crippen LogP contribution >= 0.6 is 12.4 Å². The van der Waals surface area contributed by atoms with Gasteiger partial charge in [-0.1, -0.05) is 6.07 Å². The van der Waals surface area contributed by atoms with Crippen LogP contribution in [-0.2, 0) is 17.1 Å². The molecule has 254 valence electrons. The van der Waals surface area contributed by atoms with Crippen molar-refractivity contribution < 1.29 is 40.3 Å². The fourth-order valence-electron chi connectivity index (χ4n) is 6.52. The van der Waals surface area contributed by atoms with E-state index in [9.17, 15) is 40.3 Å². The summed E-state index contributed by atoms with van der Waals surface area (Å²) in [5.41, 5.74) is -1.84. The van der Waals surface area contributed by atoms with E-state index in [0.717, 1.165) is 23.3 Å². The number of alkyl halides is 6. The number of piperidine rings is 1. The molecule has 0 bridgehead atoms. The third-order valence-electron chi connectivity index (χ3n) is 9.46. The Morgan fingerprint density at radius 1 is 0.870 bits per heavy atom. The molecule has 2 saturated heterocycles. The van der Waals surface area contributed by atoms with Gasteiger partial charge in [0.1, 0.15) is 5.82 Å². The molecule has 6 nitrogen and oxygen atoms in total. The molecule has 0 N–H and O–H groups in total. The molecular formula is C32H38ClF7N4O2. The highest BCUT2D eigenvalue weighted by molar-refractivity contribution is 5.85. The zero-order chi connectivity index (χ0) is 32.8. The fourth-order valence-corrected chi connectivity index (χ4v) is 6.52. The van der Waals surface area contributed by atoms with Gasteiger partial charge in [-0.05, 0) is 86.6 Å². The normalized spacial score (nSPS) is 21.9. The average Bonchev–Trinajstić information content (AvgIpc) is 3.84. The Balaban J connectivity index is 0.00000480. The van der Waals surface area contributed by atoms with Crippen molar-refractivity contribution in [1.29, 1.82) is 0 Å². The second kappa shape index (κ2) is 13.6. The second-order valence-corrected chi connectivity index (χ2v) is 12.4. The first-order chi connectivity index (χ1) is 21.0. The summed E-state index contributed by atoms with van der Waals surface area (Å²) in [6, 6.07) is 3.53. The van der Waals surface area contributed by atoms with Gasteiger partial charge in [0.05, 0.1) is 23.2 Å². The molecule has 0 spiro atoms. The number of amides is 3. The van der Waals surface area contributed by atoms with E-state index in [4.69, 9.17) is 0 Å². The summed E-state index contributed by atoms with van der Waals surface area (Å²) in [5.74, 6) is -0.0872. The van der Waals surface area contributed by atoms with Gasteiger partial charge in [-0.3, -0.25) is 9.69 Å². The summed E-state index contributed by atoms with van der Waals surface area (Å²) < 4.78 is 95.3. The molecule has 0 aromatic heterocycles. The van der Waals surface area contributed by atoms with E-state index in [1.807, 2.05) is 4.90 Å². The van der Waals surface area contributed by atoms with E-state index in [1.165, 1.54) is 26.1 Å². The van der Waals surface area contributed by atoms with Crippen LogP contribution < -0.4 is 0 Å². The van der Waals surface area contributed by atoms with Crippen LogP contribution in [0.5, 0.6) is 0 Å². The summed E-state index contributed by atoms with van der Waals surface area (Å²) in [4.78, 5) is 33.5. The van der Waals surface area contributed by atoms with E-state index in [1.54, 1.807) is 17.9 Å².